The lowest BCUT2D eigenvalue weighted by Crippen LogP contribution is -2.24. The molecule has 0 saturated carbocycles. The van der Waals surface area contributed by atoms with Gasteiger partial charge in [0.1, 0.15) is 0 Å². The molecule has 0 amide bonds. The van der Waals surface area contributed by atoms with Crippen molar-refractivity contribution in [2.24, 2.45) is 0 Å². The van der Waals surface area contributed by atoms with Crippen LogP contribution in [0.4, 0.5) is 0 Å². The van der Waals surface area contributed by atoms with Crippen LogP contribution in [0.1, 0.15) is 37.3 Å². The fourth-order valence-corrected chi connectivity index (χ4v) is 1.97. The number of hydrogen-bond acceptors (Lipinski definition) is 2. The number of aryl methyl sites for hydroxylation is 1. The van der Waals surface area contributed by atoms with Crippen molar-refractivity contribution in [3.05, 3.63) is 35.4 Å². The Morgan fingerprint density at radius 3 is 2.41 bits per heavy atom. The summed E-state index contributed by atoms with van der Waals surface area (Å²) in [7, 11) is 1.74. The standard InChI is InChI=1S/C15H25NO/c1-4-13-6-8-15(9-7-13)14(5-2)12-16-10-11-17-3/h6-9,14,16H,4-5,10-12H2,1-3H3. The molecule has 0 aliphatic carbocycles. The smallest absolute Gasteiger partial charge is 0.0587 e. The number of benzene rings is 1. The number of nitrogens with one attached hydrogen (secondary N) is 1. The van der Waals surface area contributed by atoms with Crippen LogP contribution in [0.15, 0.2) is 24.3 Å². The van der Waals surface area contributed by atoms with Crippen LogP contribution in [0, 0.1) is 0 Å². The fourth-order valence-electron chi connectivity index (χ4n) is 1.97. The highest BCUT2D eigenvalue weighted by molar-refractivity contribution is 5.25. The molecule has 1 rings (SSSR count). The second-order valence-electron chi connectivity index (χ2n) is 4.40. The Hall–Kier alpha value is -0.860. The minimum atomic E-state index is 0.609. The summed E-state index contributed by atoms with van der Waals surface area (Å²) >= 11 is 0. The monoisotopic (exact) mass is 235 g/mol. The van der Waals surface area contributed by atoms with E-state index in [0.29, 0.717) is 5.92 Å². The first kappa shape index (κ1) is 14.2. The zero-order valence-corrected chi connectivity index (χ0v) is 11.3. The van der Waals surface area contributed by atoms with Gasteiger partial charge in [-0.05, 0) is 29.9 Å². The molecule has 17 heavy (non-hydrogen) atoms. The minimum absolute atomic E-state index is 0.609. The maximum Gasteiger partial charge on any atom is 0.0587 e. The van der Waals surface area contributed by atoms with E-state index in [4.69, 9.17) is 4.74 Å². The van der Waals surface area contributed by atoms with Gasteiger partial charge in [-0.3, -0.25) is 0 Å². The molecule has 0 saturated heterocycles. The van der Waals surface area contributed by atoms with Gasteiger partial charge in [-0.15, -0.1) is 0 Å². The van der Waals surface area contributed by atoms with Crippen molar-refractivity contribution in [2.45, 2.75) is 32.6 Å². The molecule has 1 aromatic rings. The van der Waals surface area contributed by atoms with Gasteiger partial charge < -0.3 is 10.1 Å². The molecule has 0 bridgehead atoms. The Morgan fingerprint density at radius 1 is 1.18 bits per heavy atom. The summed E-state index contributed by atoms with van der Waals surface area (Å²) in [5.74, 6) is 0.609. The van der Waals surface area contributed by atoms with Crippen molar-refractivity contribution in [1.29, 1.82) is 0 Å². The number of methoxy groups -OCH3 is 1. The van der Waals surface area contributed by atoms with Crippen LogP contribution >= 0.6 is 0 Å². The summed E-state index contributed by atoms with van der Waals surface area (Å²) in [6.07, 6.45) is 2.29. The second-order valence-corrected chi connectivity index (χ2v) is 4.40. The van der Waals surface area contributed by atoms with Gasteiger partial charge >= 0.3 is 0 Å². The topological polar surface area (TPSA) is 21.3 Å². The normalized spacial score (nSPS) is 12.6. The Bertz CT molecular complexity index is 294. The third-order valence-electron chi connectivity index (χ3n) is 3.23. The molecule has 1 atom stereocenters. The summed E-state index contributed by atoms with van der Waals surface area (Å²) in [6, 6.07) is 9.02. The molecule has 0 heterocycles. The van der Waals surface area contributed by atoms with Crippen molar-refractivity contribution in [3.8, 4) is 0 Å². The molecule has 0 spiro atoms. The van der Waals surface area contributed by atoms with Gasteiger partial charge in [-0.1, -0.05) is 38.1 Å². The van der Waals surface area contributed by atoms with Crippen molar-refractivity contribution in [1.82, 2.24) is 5.32 Å². The van der Waals surface area contributed by atoms with E-state index < -0.39 is 0 Å². The molecule has 0 fully saturated rings. The molecule has 0 aliphatic rings. The van der Waals surface area contributed by atoms with E-state index >= 15 is 0 Å². The summed E-state index contributed by atoms with van der Waals surface area (Å²) in [5.41, 5.74) is 2.85. The van der Waals surface area contributed by atoms with Gasteiger partial charge in [0.05, 0.1) is 6.61 Å². The molecule has 0 aromatic heterocycles. The minimum Gasteiger partial charge on any atom is -0.383 e. The van der Waals surface area contributed by atoms with Gasteiger partial charge in [0.2, 0.25) is 0 Å². The van der Waals surface area contributed by atoms with Crippen LogP contribution in [-0.2, 0) is 11.2 Å². The first-order valence-corrected chi connectivity index (χ1v) is 6.60. The largest absolute Gasteiger partial charge is 0.383 e. The summed E-state index contributed by atoms with van der Waals surface area (Å²) in [5, 5.41) is 3.44. The first-order chi connectivity index (χ1) is 8.31. The third-order valence-corrected chi connectivity index (χ3v) is 3.23. The molecule has 0 aliphatic heterocycles. The van der Waals surface area contributed by atoms with E-state index in [-0.39, 0.29) is 0 Å². The molecule has 0 radical (unpaired) electrons. The van der Waals surface area contributed by atoms with Crippen molar-refractivity contribution >= 4 is 0 Å². The lowest BCUT2D eigenvalue weighted by atomic mass is 9.95. The van der Waals surface area contributed by atoms with E-state index in [1.807, 2.05) is 0 Å². The number of hydrogen-bond donors (Lipinski definition) is 1. The zero-order valence-electron chi connectivity index (χ0n) is 11.3. The maximum absolute atomic E-state index is 5.03. The summed E-state index contributed by atoms with van der Waals surface area (Å²) in [6.45, 7) is 7.19. The average Bonchev–Trinajstić information content (AvgIpc) is 2.39. The molecule has 1 N–H and O–H groups in total. The molecular formula is C15H25NO. The van der Waals surface area contributed by atoms with Crippen LogP contribution in [-0.4, -0.2) is 26.8 Å². The van der Waals surface area contributed by atoms with Crippen molar-refractivity contribution in [2.75, 3.05) is 26.8 Å². The maximum atomic E-state index is 5.03. The first-order valence-electron chi connectivity index (χ1n) is 6.60. The molecule has 96 valence electrons. The third kappa shape index (κ3) is 4.88. The average molecular weight is 235 g/mol. The quantitative estimate of drug-likeness (QED) is 0.699. The van der Waals surface area contributed by atoms with E-state index in [2.05, 4.69) is 43.4 Å². The van der Waals surface area contributed by atoms with Gasteiger partial charge in [0.15, 0.2) is 0 Å². The van der Waals surface area contributed by atoms with Crippen LogP contribution in [0.5, 0.6) is 0 Å². The highest BCUT2D eigenvalue weighted by Gasteiger charge is 2.08. The highest BCUT2D eigenvalue weighted by atomic mass is 16.5. The summed E-state index contributed by atoms with van der Waals surface area (Å²) in [4.78, 5) is 0. The van der Waals surface area contributed by atoms with Gasteiger partial charge in [0.25, 0.3) is 0 Å². The lowest BCUT2D eigenvalue weighted by molar-refractivity contribution is 0.199. The van der Waals surface area contributed by atoms with Crippen LogP contribution in [0.3, 0.4) is 0 Å². The van der Waals surface area contributed by atoms with Gasteiger partial charge in [-0.25, -0.2) is 0 Å². The molecule has 1 unspecified atom stereocenters. The fraction of sp³-hybridized carbons (Fsp3) is 0.600. The predicted octanol–water partition coefficient (Wildman–Crippen LogP) is 2.98. The predicted molar refractivity (Wildman–Crippen MR) is 73.6 cm³/mol. The van der Waals surface area contributed by atoms with E-state index in [1.54, 1.807) is 7.11 Å². The van der Waals surface area contributed by atoms with Crippen LogP contribution < -0.4 is 5.32 Å². The van der Waals surface area contributed by atoms with E-state index in [0.717, 1.165) is 26.1 Å². The van der Waals surface area contributed by atoms with E-state index in [9.17, 15) is 0 Å². The van der Waals surface area contributed by atoms with E-state index in [1.165, 1.54) is 17.5 Å². The SMILES string of the molecule is CCc1ccc(C(CC)CNCCOC)cc1. The zero-order chi connectivity index (χ0) is 12.5. The Labute approximate surface area is 105 Å². The Kier molecular flexibility index (Phi) is 6.90. The molecule has 2 heteroatoms. The highest BCUT2D eigenvalue weighted by Crippen LogP contribution is 2.19. The number of ether oxygens (including phenoxy) is 1. The molecule has 2 nitrogen and oxygen atoms in total. The summed E-state index contributed by atoms with van der Waals surface area (Å²) < 4.78 is 5.03. The van der Waals surface area contributed by atoms with Crippen molar-refractivity contribution < 1.29 is 4.74 Å². The van der Waals surface area contributed by atoms with Crippen LogP contribution in [0.25, 0.3) is 0 Å². The van der Waals surface area contributed by atoms with Crippen LogP contribution in [0.2, 0.25) is 0 Å². The second kappa shape index (κ2) is 8.26. The molecule has 1 aromatic carbocycles. The van der Waals surface area contributed by atoms with Gasteiger partial charge in [0, 0.05) is 20.2 Å². The molecular weight excluding hydrogens is 210 g/mol. The lowest BCUT2D eigenvalue weighted by Gasteiger charge is -2.16. The van der Waals surface area contributed by atoms with Crippen molar-refractivity contribution in [3.63, 3.8) is 0 Å². The number of rotatable bonds is 8. The van der Waals surface area contributed by atoms with Gasteiger partial charge in [-0.2, -0.15) is 0 Å². The Balaban J connectivity index is 2.47. The Morgan fingerprint density at radius 2 is 1.88 bits per heavy atom.